The van der Waals surface area contributed by atoms with Gasteiger partial charge in [0, 0.05) is 6.21 Å². The third kappa shape index (κ3) is 5.67. The average molecular weight is 309 g/mol. The first-order valence-electron chi connectivity index (χ1n) is 7.20. The molecule has 2 aromatic carbocycles. The zero-order chi connectivity index (χ0) is 16.3. The predicted molar refractivity (Wildman–Crippen MR) is 93.6 cm³/mol. The van der Waals surface area contributed by atoms with E-state index in [1.54, 1.807) is 13.2 Å². The van der Waals surface area contributed by atoms with E-state index in [1.165, 1.54) is 6.21 Å². The lowest BCUT2D eigenvalue weighted by Gasteiger charge is -2.09. The van der Waals surface area contributed by atoms with Crippen LogP contribution in [0.4, 0.5) is 5.69 Å². The van der Waals surface area contributed by atoms with Gasteiger partial charge in [0.05, 0.1) is 19.3 Å². The highest BCUT2D eigenvalue weighted by molar-refractivity contribution is 5.83. The fraction of sp³-hybridized carbons (Fsp3) is 0.111. The van der Waals surface area contributed by atoms with Crippen molar-refractivity contribution in [1.82, 2.24) is 5.43 Å². The fourth-order valence-electron chi connectivity index (χ4n) is 1.88. The van der Waals surface area contributed by atoms with Crippen molar-refractivity contribution in [2.45, 2.75) is 0 Å². The molecule has 0 saturated heterocycles. The predicted octanol–water partition coefficient (Wildman–Crippen LogP) is 2.92. The number of hydrogen-bond donors (Lipinski definition) is 2. The largest absolute Gasteiger partial charge is 0.495 e. The summed E-state index contributed by atoms with van der Waals surface area (Å²) in [5.41, 5.74) is 4.29. The minimum absolute atomic E-state index is 0.111. The Kier molecular flexibility index (Phi) is 6.41. The monoisotopic (exact) mass is 309 g/mol. The summed E-state index contributed by atoms with van der Waals surface area (Å²) >= 11 is 0. The van der Waals surface area contributed by atoms with E-state index in [1.807, 2.05) is 60.7 Å². The van der Waals surface area contributed by atoms with Crippen LogP contribution in [0.25, 0.3) is 6.08 Å². The van der Waals surface area contributed by atoms with E-state index in [4.69, 9.17) is 4.74 Å². The van der Waals surface area contributed by atoms with Crippen LogP contribution >= 0.6 is 0 Å². The van der Waals surface area contributed by atoms with Gasteiger partial charge in [0.25, 0.3) is 5.91 Å². The summed E-state index contributed by atoms with van der Waals surface area (Å²) in [5.74, 6) is 0.454. The van der Waals surface area contributed by atoms with Crippen LogP contribution in [0.5, 0.6) is 5.75 Å². The van der Waals surface area contributed by atoms with Crippen molar-refractivity contribution in [3.63, 3.8) is 0 Å². The van der Waals surface area contributed by atoms with Crippen molar-refractivity contribution in [2.24, 2.45) is 5.10 Å². The minimum atomic E-state index is -0.236. The molecule has 0 radical (unpaired) electrons. The first kappa shape index (κ1) is 16.3. The van der Waals surface area contributed by atoms with Gasteiger partial charge in [-0.05, 0) is 23.8 Å². The smallest absolute Gasteiger partial charge is 0.259 e. The number of allylic oxidation sites excluding steroid dienone is 1. The third-order valence-corrected chi connectivity index (χ3v) is 2.98. The number of anilines is 1. The van der Waals surface area contributed by atoms with Crippen molar-refractivity contribution < 1.29 is 9.53 Å². The molecule has 0 aromatic heterocycles. The summed E-state index contributed by atoms with van der Waals surface area (Å²) in [4.78, 5) is 11.7. The van der Waals surface area contributed by atoms with E-state index < -0.39 is 0 Å². The van der Waals surface area contributed by atoms with Gasteiger partial charge in [-0.1, -0.05) is 48.5 Å². The normalized spacial score (nSPS) is 10.8. The van der Waals surface area contributed by atoms with Crippen LogP contribution in [0, 0.1) is 0 Å². The number of nitrogens with one attached hydrogen (secondary N) is 2. The topological polar surface area (TPSA) is 62.7 Å². The van der Waals surface area contributed by atoms with Crippen LogP contribution in [0.15, 0.2) is 65.8 Å². The molecule has 0 bridgehead atoms. The highest BCUT2D eigenvalue weighted by atomic mass is 16.5. The second-order valence-electron chi connectivity index (χ2n) is 4.64. The SMILES string of the molecule is COc1ccccc1NCC(=O)NN=CC=Cc1ccccc1. The van der Waals surface area contributed by atoms with E-state index >= 15 is 0 Å². The number of para-hydroxylation sites is 2. The molecule has 0 saturated carbocycles. The summed E-state index contributed by atoms with van der Waals surface area (Å²) < 4.78 is 5.20. The Morgan fingerprint density at radius 2 is 1.87 bits per heavy atom. The number of carbonyl (C=O) groups is 1. The molecule has 5 heteroatoms. The number of hydrazone groups is 1. The molecule has 0 aliphatic carbocycles. The highest BCUT2D eigenvalue weighted by Crippen LogP contribution is 2.22. The molecule has 23 heavy (non-hydrogen) atoms. The Labute approximate surface area is 135 Å². The molecule has 0 spiro atoms. The van der Waals surface area contributed by atoms with Gasteiger partial charge in [-0.3, -0.25) is 4.79 Å². The molecule has 118 valence electrons. The van der Waals surface area contributed by atoms with E-state index in [0.717, 1.165) is 11.3 Å². The molecule has 1 amide bonds. The maximum absolute atomic E-state index is 11.7. The molecule has 0 aliphatic heterocycles. The van der Waals surface area contributed by atoms with Gasteiger partial charge >= 0.3 is 0 Å². The van der Waals surface area contributed by atoms with Gasteiger partial charge in [-0.15, -0.1) is 0 Å². The number of benzene rings is 2. The van der Waals surface area contributed by atoms with Crippen LogP contribution < -0.4 is 15.5 Å². The van der Waals surface area contributed by atoms with Crippen molar-refractivity contribution >= 4 is 23.9 Å². The number of rotatable bonds is 7. The van der Waals surface area contributed by atoms with Crippen molar-refractivity contribution in [1.29, 1.82) is 0 Å². The molecule has 5 nitrogen and oxygen atoms in total. The number of hydrogen-bond acceptors (Lipinski definition) is 4. The lowest BCUT2D eigenvalue weighted by atomic mass is 10.2. The Balaban J connectivity index is 1.75. The number of methoxy groups -OCH3 is 1. The van der Waals surface area contributed by atoms with Gasteiger partial charge in [0.15, 0.2) is 0 Å². The summed E-state index contributed by atoms with van der Waals surface area (Å²) in [7, 11) is 1.59. The van der Waals surface area contributed by atoms with Crippen LogP contribution in [0.1, 0.15) is 5.56 Å². The summed E-state index contributed by atoms with van der Waals surface area (Å²) in [6.07, 6.45) is 5.21. The van der Waals surface area contributed by atoms with Crippen LogP contribution in [-0.4, -0.2) is 25.8 Å². The van der Waals surface area contributed by atoms with Crippen molar-refractivity contribution in [2.75, 3.05) is 19.0 Å². The maximum Gasteiger partial charge on any atom is 0.259 e. The van der Waals surface area contributed by atoms with Gasteiger partial charge in [0.2, 0.25) is 0 Å². The molecule has 0 fully saturated rings. The Morgan fingerprint density at radius 3 is 2.65 bits per heavy atom. The maximum atomic E-state index is 11.7. The number of amides is 1. The number of nitrogens with zero attached hydrogens (tertiary/aromatic N) is 1. The van der Waals surface area contributed by atoms with E-state index in [0.29, 0.717) is 5.75 Å². The van der Waals surface area contributed by atoms with Gasteiger partial charge in [-0.25, -0.2) is 5.43 Å². The standard InChI is InChI=1S/C18H19N3O2/c1-23-17-12-6-5-11-16(17)19-14-18(22)21-20-13-7-10-15-8-3-2-4-9-15/h2-13,19H,14H2,1H3,(H,21,22). The van der Waals surface area contributed by atoms with Gasteiger partial charge < -0.3 is 10.1 Å². The lowest BCUT2D eigenvalue weighted by molar-refractivity contribution is -0.119. The Bertz CT molecular complexity index is 682. The highest BCUT2D eigenvalue weighted by Gasteiger charge is 2.03. The van der Waals surface area contributed by atoms with E-state index in [2.05, 4.69) is 15.8 Å². The summed E-state index contributed by atoms with van der Waals surface area (Å²) in [6.45, 7) is 0.111. The second-order valence-corrected chi connectivity index (χ2v) is 4.64. The number of carbonyl (C=O) groups excluding carboxylic acids is 1. The van der Waals surface area contributed by atoms with Crippen molar-refractivity contribution in [3.05, 3.63) is 66.2 Å². The van der Waals surface area contributed by atoms with Gasteiger partial charge in [-0.2, -0.15) is 5.10 Å². The Hall–Kier alpha value is -3.08. The van der Waals surface area contributed by atoms with E-state index in [9.17, 15) is 4.79 Å². The Morgan fingerprint density at radius 1 is 1.13 bits per heavy atom. The van der Waals surface area contributed by atoms with Crippen molar-refractivity contribution in [3.8, 4) is 5.75 Å². The zero-order valence-corrected chi connectivity index (χ0v) is 12.9. The first-order valence-corrected chi connectivity index (χ1v) is 7.20. The lowest BCUT2D eigenvalue weighted by Crippen LogP contribution is -2.25. The quantitative estimate of drug-likeness (QED) is 0.610. The van der Waals surface area contributed by atoms with Crippen LogP contribution in [0.3, 0.4) is 0 Å². The molecular formula is C18H19N3O2. The molecule has 0 atom stereocenters. The van der Waals surface area contributed by atoms with Gasteiger partial charge in [0.1, 0.15) is 5.75 Å². The molecule has 0 aliphatic rings. The average Bonchev–Trinajstić information content (AvgIpc) is 2.60. The number of ether oxygens (including phenoxy) is 1. The minimum Gasteiger partial charge on any atom is -0.495 e. The van der Waals surface area contributed by atoms with Crippen LogP contribution in [0.2, 0.25) is 0 Å². The van der Waals surface area contributed by atoms with E-state index in [-0.39, 0.29) is 12.5 Å². The molecule has 2 rings (SSSR count). The molecular weight excluding hydrogens is 290 g/mol. The first-order chi connectivity index (χ1) is 11.3. The van der Waals surface area contributed by atoms with Crippen LogP contribution in [-0.2, 0) is 4.79 Å². The molecule has 0 unspecified atom stereocenters. The zero-order valence-electron chi connectivity index (χ0n) is 12.9. The molecule has 2 N–H and O–H groups in total. The fourth-order valence-corrected chi connectivity index (χ4v) is 1.88. The molecule has 2 aromatic rings. The summed E-state index contributed by atoms with van der Waals surface area (Å²) in [6, 6.07) is 17.3. The summed E-state index contributed by atoms with van der Waals surface area (Å²) in [5, 5.41) is 6.86. The third-order valence-electron chi connectivity index (χ3n) is 2.98. The second kappa shape index (κ2) is 9.04. The molecule has 0 heterocycles.